The summed E-state index contributed by atoms with van der Waals surface area (Å²) < 4.78 is 11.6. The lowest BCUT2D eigenvalue weighted by Crippen LogP contribution is -2.04. The van der Waals surface area contributed by atoms with Crippen LogP contribution in [0.1, 0.15) is 0 Å². The summed E-state index contributed by atoms with van der Waals surface area (Å²) in [5.74, 6) is 1.75. The van der Waals surface area contributed by atoms with Crippen molar-refractivity contribution < 1.29 is 4.74 Å². The van der Waals surface area contributed by atoms with Crippen LogP contribution in [0.15, 0.2) is 206 Å². The fraction of sp³-hybridized carbons (Fsp3) is 0. The van der Waals surface area contributed by atoms with E-state index in [0.717, 1.165) is 50.6 Å². The number of aromatic nitrogens is 2. The maximum absolute atomic E-state index is 6.81. The van der Waals surface area contributed by atoms with Crippen molar-refractivity contribution >= 4 is 43.6 Å². The van der Waals surface area contributed by atoms with Crippen molar-refractivity contribution in [1.29, 1.82) is 0 Å². The van der Waals surface area contributed by atoms with Crippen molar-refractivity contribution in [3.63, 3.8) is 0 Å². The zero-order valence-electron chi connectivity index (χ0n) is 30.9. The van der Waals surface area contributed by atoms with Crippen LogP contribution in [0.3, 0.4) is 0 Å². The Hall–Kier alpha value is -7.62. The molecule has 12 rings (SSSR count). The maximum Gasteiger partial charge on any atom is 0.160 e. The molecule has 0 saturated carbocycles. The highest BCUT2D eigenvalue weighted by Crippen LogP contribution is 2.49. The highest BCUT2D eigenvalue weighted by atomic mass is 16.5. The van der Waals surface area contributed by atoms with Crippen LogP contribution >= 0.6 is 0 Å². The number of rotatable bonds is 5. The molecule has 0 N–H and O–H groups in total. The summed E-state index contributed by atoms with van der Waals surface area (Å²) in [6, 6.07) is 74.4. The van der Waals surface area contributed by atoms with Crippen molar-refractivity contribution in [3.05, 3.63) is 206 Å². The zero-order valence-corrected chi connectivity index (χ0v) is 30.9. The van der Waals surface area contributed by atoms with E-state index in [-0.39, 0.29) is 0 Å². The fourth-order valence-electron chi connectivity index (χ4n) is 9.06. The van der Waals surface area contributed by atoms with E-state index in [0.29, 0.717) is 0 Å². The summed E-state index contributed by atoms with van der Waals surface area (Å²) >= 11 is 0. The topological polar surface area (TPSA) is 19.1 Å². The van der Waals surface area contributed by atoms with E-state index in [4.69, 9.17) is 4.74 Å². The van der Waals surface area contributed by atoms with Gasteiger partial charge in [0.25, 0.3) is 0 Å². The molecular formula is C54H34N2O. The van der Waals surface area contributed by atoms with Gasteiger partial charge in [-0.1, -0.05) is 140 Å². The minimum Gasteiger partial charge on any atom is -0.452 e. The Morgan fingerprint density at radius 2 is 0.877 bits per heavy atom. The molecule has 266 valence electrons. The van der Waals surface area contributed by atoms with Crippen LogP contribution in [0.25, 0.3) is 99.5 Å². The number of para-hydroxylation sites is 3. The second kappa shape index (κ2) is 12.5. The van der Waals surface area contributed by atoms with Gasteiger partial charge in [-0.05, 0) is 106 Å². The van der Waals surface area contributed by atoms with E-state index in [1.54, 1.807) is 0 Å². The molecule has 0 unspecified atom stereocenters. The van der Waals surface area contributed by atoms with Gasteiger partial charge in [-0.15, -0.1) is 0 Å². The molecule has 0 amide bonds. The van der Waals surface area contributed by atoms with E-state index >= 15 is 0 Å². The number of nitrogens with zero attached hydrogens (tertiary/aromatic N) is 2. The minimum atomic E-state index is 0.863. The molecule has 1 aliphatic rings. The molecule has 0 fully saturated rings. The summed E-state index contributed by atoms with van der Waals surface area (Å²) in [5.41, 5.74) is 16.2. The van der Waals surface area contributed by atoms with Gasteiger partial charge in [0.1, 0.15) is 0 Å². The molecule has 3 heterocycles. The molecule has 57 heavy (non-hydrogen) atoms. The van der Waals surface area contributed by atoms with Crippen molar-refractivity contribution in [3.8, 4) is 67.4 Å². The Labute approximate surface area is 329 Å². The van der Waals surface area contributed by atoms with Gasteiger partial charge in [0.2, 0.25) is 0 Å². The quantitative estimate of drug-likeness (QED) is 0.173. The van der Waals surface area contributed by atoms with Crippen molar-refractivity contribution in [2.75, 3.05) is 0 Å². The molecule has 3 heteroatoms. The van der Waals surface area contributed by atoms with Gasteiger partial charge in [-0.25, -0.2) is 0 Å². The Morgan fingerprint density at radius 3 is 1.61 bits per heavy atom. The standard InChI is InChI=1S/C54H34N2O/c1-3-13-35(14-4-1)39-25-29-49-46(33-39)47-34-40(36-15-5-2-6-16-36)26-30-50(47)55(49)42-20-12-18-38(32-42)37-17-11-19-41(31-37)43-27-28-45-44-21-7-8-22-48(44)56-51-23-9-10-24-52(51)57-54(43)53(45)56/h1-34H. The maximum atomic E-state index is 6.81. The smallest absolute Gasteiger partial charge is 0.160 e. The summed E-state index contributed by atoms with van der Waals surface area (Å²) in [6.07, 6.45) is 0. The molecule has 0 saturated heterocycles. The predicted molar refractivity (Wildman–Crippen MR) is 237 cm³/mol. The van der Waals surface area contributed by atoms with E-state index in [9.17, 15) is 0 Å². The molecule has 0 atom stereocenters. The highest BCUT2D eigenvalue weighted by molar-refractivity contribution is 6.14. The van der Waals surface area contributed by atoms with E-state index in [2.05, 4.69) is 209 Å². The third-order valence-electron chi connectivity index (χ3n) is 11.7. The number of benzene rings is 9. The van der Waals surface area contributed by atoms with Crippen molar-refractivity contribution in [1.82, 2.24) is 9.13 Å². The van der Waals surface area contributed by atoms with Gasteiger partial charge in [-0.3, -0.25) is 0 Å². The van der Waals surface area contributed by atoms with Gasteiger partial charge in [0.15, 0.2) is 11.5 Å². The summed E-state index contributed by atoms with van der Waals surface area (Å²) in [7, 11) is 0. The second-order valence-electron chi connectivity index (χ2n) is 14.9. The lowest BCUT2D eigenvalue weighted by Gasteiger charge is -2.23. The molecular weight excluding hydrogens is 693 g/mol. The molecule has 0 aliphatic carbocycles. The summed E-state index contributed by atoms with van der Waals surface area (Å²) in [5, 5.41) is 4.89. The van der Waals surface area contributed by atoms with Crippen LogP contribution in [0.4, 0.5) is 0 Å². The zero-order chi connectivity index (χ0) is 37.5. The van der Waals surface area contributed by atoms with Crippen LogP contribution in [-0.4, -0.2) is 9.13 Å². The van der Waals surface area contributed by atoms with E-state index < -0.39 is 0 Å². The van der Waals surface area contributed by atoms with Crippen LogP contribution in [-0.2, 0) is 0 Å². The van der Waals surface area contributed by atoms with Crippen LogP contribution in [0.5, 0.6) is 11.5 Å². The number of hydrogen-bond donors (Lipinski definition) is 0. The Balaban J connectivity index is 1.01. The molecule has 1 aliphatic heterocycles. The number of fused-ring (bicyclic) bond motifs is 8. The Bertz CT molecular complexity index is 3270. The molecule has 0 radical (unpaired) electrons. The first-order chi connectivity index (χ1) is 28.3. The SMILES string of the molecule is c1ccc(-c2ccc3c(c2)c2cc(-c4ccccc4)ccc2n3-c2cccc(-c3cccc(-c4ccc5c6ccccc6n6c5c4Oc4ccccc4-6)c3)c2)cc1. The highest BCUT2D eigenvalue weighted by Gasteiger charge is 2.26. The van der Waals surface area contributed by atoms with E-state index in [1.807, 2.05) is 6.07 Å². The van der Waals surface area contributed by atoms with Gasteiger partial charge >= 0.3 is 0 Å². The lowest BCUT2D eigenvalue weighted by molar-refractivity contribution is 0.478. The molecule has 2 aromatic heterocycles. The first-order valence-electron chi connectivity index (χ1n) is 19.5. The first kappa shape index (κ1) is 31.7. The van der Waals surface area contributed by atoms with Gasteiger partial charge in [0, 0.05) is 32.8 Å². The van der Waals surface area contributed by atoms with Crippen LogP contribution < -0.4 is 4.74 Å². The molecule has 11 aromatic rings. The average Bonchev–Trinajstić information content (AvgIpc) is 3.80. The lowest BCUT2D eigenvalue weighted by atomic mass is 9.97. The summed E-state index contributed by atoms with van der Waals surface area (Å²) in [6.45, 7) is 0. The molecule has 0 spiro atoms. The first-order valence-corrected chi connectivity index (χ1v) is 19.5. The van der Waals surface area contributed by atoms with Crippen LogP contribution in [0, 0.1) is 0 Å². The van der Waals surface area contributed by atoms with Crippen molar-refractivity contribution in [2.24, 2.45) is 0 Å². The largest absolute Gasteiger partial charge is 0.452 e. The third-order valence-corrected chi connectivity index (χ3v) is 11.7. The summed E-state index contributed by atoms with van der Waals surface area (Å²) in [4.78, 5) is 0. The molecule has 3 nitrogen and oxygen atoms in total. The number of ether oxygens (including phenoxy) is 1. The fourth-order valence-corrected chi connectivity index (χ4v) is 9.06. The molecule has 9 aromatic carbocycles. The monoisotopic (exact) mass is 726 g/mol. The van der Waals surface area contributed by atoms with Gasteiger partial charge in [-0.2, -0.15) is 0 Å². The number of hydrogen-bond acceptors (Lipinski definition) is 1. The predicted octanol–water partition coefficient (Wildman–Crippen LogP) is 14.7. The van der Waals surface area contributed by atoms with Gasteiger partial charge < -0.3 is 13.9 Å². The Morgan fingerprint density at radius 1 is 0.316 bits per heavy atom. The third kappa shape index (κ3) is 4.92. The second-order valence-corrected chi connectivity index (χ2v) is 14.9. The van der Waals surface area contributed by atoms with Crippen LogP contribution in [0.2, 0.25) is 0 Å². The van der Waals surface area contributed by atoms with Gasteiger partial charge in [0.05, 0.1) is 27.8 Å². The average molecular weight is 727 g/mol. The normalized spacial score (nSPS) is 12.0. The minimum absolute atomic E-state index is 0.863. The van der Waals surface area contributed by atoms with E-state index in [1.165, 1.54) is 60.3 Å². The Kier molecular flexibility index (Phi) is 6.93. The molecule has 0 bridgehead atoms. The van der Waals surface area contributed by atoms with Crippen molar-refractivity contribution in [2.45, 2.75) is 0 Å².